The zero-order chi connectivity index (χ0) is 18.2. The molecule has 2 aromatic heterocycles. The summed E-state index contributed by atoms with van der Waals surface area (Å²) in [5.41, 5.74) is 2.33. The molecule has 1 aromatic carbocycles. The van der Waals surface area contributed by atoms with E-state index < -0.39 is 0 Å². The van der Waals surface area contributed by atoms with Crippen LogP contribution in [-0.2, 0) is 13.1 Å². The van der Waals surface area contributed by atoms with E-state index in [1.54, 1.807) is 25.7 Å². The summed E-state index contributed by atoms with van der Waals surface area (Å²) in [5, 5.41) is 5.97. The van der Waals surface area contributed by atoms with Crippen molar-refractivity contribution in [3.05, 3.63) is 78.0 Å². The Morgan fingerprint density at radius 1 is 0.962 bits per heavy atom. The number of carbonyl (C=O) groups is 1. The van der Waals surface area contributed by atoms with Gasteiger partial charge in [-0.25, -0.2) is 9.97 Å². The quantitative estimate of drug-likeness (QED) is 0.681. The highest BCUT2D eigenvalue weighted by Gasteiger charge is 2.07. The van der Waals surface area contributed by atoms with E-state index in [2.05, 4.69) is 25.6 Å². The molecule has 1 amide bonds. The molecule has 2 N–H and O–H groups in total. The lowest BCUT2D eigenvalue weighted by molar-refractivity contribution is 0.0945. The molecule has 3 rings (SSSR count). The minimum atomic E-state index is -0.268. The Morgan fingerprint density at radius 3 is 2.35 bits per heavy atom. The van der Waals surface area contributed by atoms with Crippen LogP contribution in [0.5, 0.6) is 5.75 Å². The summed E-state index contributed by atoms with van der Waals surface area (Å²) in [4.78, 5) is 24.4. The first-order valence-corrected chi connectivity index (χ1v) is 8.10. The minimum Gasteiger partial charge on any atom is -0.497 e. The minimum absolute atomic E-state index is 0.268. The highest BCUT2D eigenvalue weighted by Crippen LogP contribution is 2.12. The number of carbonyl (C=O) groups excluding carboxylic acids is 1. The lowest BCUT2D eigenvalue weighted by Gasteiger charge is -2.07. The molecule has 0 saturated carbocycles. The first-order chi connectivity index (χ1) is 12.7. The van der Waals surface area contributed by atoms with Gasteiger partial charge >= 0.3 is 0 Å². The molecule has 0 aliphatic rings. The van der Waals surface area contributed by atoms with Crippen LogP contribution in [-0.4, -0.2) is 28.0 Å². The van der Waals surface area contributed by atoms with Crippen LogP contribution in [0, 0.1) is 0 Å². The molecule has 0 atom stereocenters. The van der Waals surface area contributed by atoms with Crippen LogP contribution >= 0.6 is 0 Å². The number of amides is 1. The zero-order valence-corrected chi connectivity index (χ0v) is 14.3. The summed E-state index contributed by atoms with van der Waals surface area (Å²) >= 11 is 0. The molecule has 26 heavy (non-hydrogen) atoms. The van der Waals surface area contributed by atoms with Crippen LogP contribution in [0.2, 0.25) is 0 Å². The summed E-state index contributed by atoms with van der Waals surface area (Å²) in [7, 11) is 1.64. The molecular weight excluding hydrogens is 330 g/mol. The fraction of sp³-hybridized carbons (Fsp3) is 0.158. The molecule has 0 radical (unpaired) electrons. The van der Waals surface area contributed by atoms with Crippen molar-refractivity contribution < 1.29 is 9.53 Å². The summed E-state index contributed by atoms with van der Waals surface area (Å²) in [6.07, 6.45) is 6.37. The van der Waals surface area contributed by atoms with Crippen molar-refractivity contribution in [2.24, 2.45) is 0 Å². The second-order valence-corrected chi connectivity index (χ2v) is 5.53. The van der Waals surface area contributed by atoms with E-state index in [4.69, 9.17) is 4.74 Å². The molecule has 0 aliphatic carbocycles. The van der Waals surface area contributed by atoms with Crippen molar-refractivity contribution in [3.63, 3.8) is 0 Å². The van der Waals surface area contributed by atoms with Gasteiger partial charge in [-0.2, -0.15) is 0 Å². The van der Waals surface area contributed by atoms with E-state index in [1.807, 2.05) is 36.4 Å². The van der Waals surface area contributed by atoms with Gasteiger partial charge in [-0.05, 0) is 35.4 Å². The largest absolute Gasteiger partial charge is 0.497 e. The second kappa shape index (κ2) is 8.57. The van der Waals surface area contributed by atoms with Crippen LogP contribution in [0.3, 0.4) is 0 Å². The average molecular weight is 349 g/mol. The lowest BCUT2D eigenvalue weighted by Crippen LogP contribution is -2.24. The van der Waals surface area contributed by atoms with Gasteiger partial charge in [-0.1, -0.05) is 12.1 Å². The number of pyridine rings is 1. The first kappa shape index (κ1) is 17.3. The molecule has 0 saturated heterocycles. The number of aromatic nitrogens is 3. The number of hydrogen-bond donors (Lipinski definition) is 2. The van der Waals surface area contributed by atoms with Crippen LogP contribution in [0.25, 0.3) is 0 Å². The predicted molar refractivity (Wildman–Crippen MR) is 97.8 cm³/mol. The maximum Gasteiger partial charge on any atom is 0.271 e. The van der Waals surface area contributed by atoms with Crippen molar-refractivity contribution in [1.82, 2.24) is 20.3 Å². The first-order valence-electron chi connectivity index (χ1n) is 8.10. The SMILES string of the molecule is COc1ccc(CNc2cnc(C(=O)NCc3ccncc3)cn2)cc1. The molecule has 7 nitrogen and oxygen atoms in total. The number of hydrogen-bond acceptors (Lipinski definition) is 6. The summed E-state index contributed by atoms with van der Waals surface area (Å²) in [6.45, 7) is 1.02. The van der Waals surface area contributed by atoms with Gasteiger partial charge in [-0.3, -0.25) is 9.78 Å². The van der Waals surface area contributed by atoms with Crippen LogP contribution in [0.4, 0.5) is 5.82 Å². The molecule has 0 bridgehead atoms. The molecule has 0 unspecified atom stereocenters. The summed E-state index contributed by atoms with van der Waals surface area (Å²) in [5.74, 6) is 1.15. The van der Waals surface area contributed by atoms with Crippen molar-refractivity contribution in [1.29, 1.82) is 0 Å². The number of rotatable bonds is 7. The van der Waals surface area contributed by atoms with E-state index in [0.717, 1.165) is 16.9 Å². The van der Waals surface area contributed by atoms with Gasteiger partial charge in [0, 0.05) is 25.5 Å². The molecule has 3 aromatic rings. The monoisotopic (exact) mass is 349 g/mol. The van der Waals surface area contributed by atoms with Crippen LogP contribution in [0.1, 0.15) is 21.6 Å². The Hall–Kier alpha value is -3.48. The smallest absolute Gasteiger partial charge is 0.271 e. The fourth-order valence-electron chi connectivity index (χ4n) is 2.25. The molecule has 0 fully saturated rings. The maximum atomic E-state index is 12.1. The molecule has 2 heterocycles. The van der Waals surface area contributed by atoms with E-state index in [0.29, 0.717) is 18.9 Å². The molecule has 0 aliphatic heterocycles. The number of methoxy groups -OCH3 is 1. The topological polar surface area (TPSA) is 89.0 Å². The number of ether oxygens (including phenoxy) is 1. The van der Waals surface area contributed by atoms with Gasteiger partial charge in [0.25, 0.3) is 5.91 Å². The summed E-state index contributed by atoms with van der Waals surface area (Å²) < 4.78 is 5.13. The van der Waals surface area contributed by atoms with E-state index in [1.165, 1.54) is 6.20 Å². The highest BCUT2D eigenvalue weighted by molar-refractivity contribution is 5.91. The molecule has 7 heteroatoms. The summed E-state index contributed by atoms with van der Waals surface area (Å²) in [6, 6.07) is 11.4. The zero-order valence-electron chi connectivity index (χ0n) is 14.3. The van der Waals surface area contributed by atoms with Gasteiger partial charge in [-0.15, -0.1) is 0 Å². The standard InChI is InChI=1S/C19H19N5O2/c1-26-16-4-2-14(3-5-16)10-22-18-13-21-17(12-23-18)19(25)24-11-15-6-8-20-9-7-15/h2-9,12-13H,10-11H2,1H3,(H,22,23)(H,24,25). The van der Waals surface area contributed by atoms with Crippen LogP contribution in [0.15, 0.2) is 61.2 Å². The van der Waals surface area contributed by atoms with Gasteiger partial charge in [0.15, 0.2) is 0 Å². The Kier molecular flexibility index (Phi) is 5.72. The Morgan fingerprint density at radius 2 is 1.69 bits per heavy atom. The number of nitrogens with zero attached hydrogens (tertiary/aromatic N) is 3. The molecule has 132 valence electrons. The average Bonchev–Trinajstić information content (AvgIpc) is 2.72. The highest BCUT2D eigenvalue weighted by atomic mass is 16.5. The van der Waals surface area contributed by atoms with Crippen molar-refractivity contribution in [2.75, 3.05) is 12.4 Å². The normalized spacial score (nSPS) is 10.2. The second-order valence-electron chi connectivity index (χ2n) is 5.53. The van der Waals surface area contributed by atoms with E-state index in [9.17, 15) is 4.79 Å². The molecule has 0 spiro atoms. The van der Waals surface area contributed by atoms with Crippen molar-refractivity contribution >= 4 is 11.7 Å². The van der Waals surface area contributed by atoms with Crippen molar-refractivity contribution in [3.8, 4) is 5.75 Å². The van der Waals surface area contributed by atoms with Gasteiger partial charge in [0.05, 0.1) is 19.5 Å². The maximum absolute atomic E-state index is 12.1. The Balaban J connectivity index is 1.51. The van der Waals surface area contributed by atoms with Crippen LogP contribution < -0.4 is 15.4 Å². The van der Waals surface area contributed by atoms with E-state index >= 15 is 0 Å². The Bertz CT molecular complexity index is 836. The van der Waals surface area contributed by atoms with Gasteiger partial charge < -0.3 is 15.4 Å². The van der Waals surface area contributed by atoms with Gasteiger partial charge in [0.1, 0.15) is 17.3 Å². The number of anilines is 1. The third-order valence-corrected chi connectivity index (χ3v) is 3.72. The predicted octanol–water partition coefficient (Wildman–Crippen LogP) is 2.42. The molecular formula is C19H19N5O2. The van der Waals surface area contributed by atoms with Gasteiger partial charge in [0.2, 0.25) is 0 Å². The fourth-order valence-corrected chi connectivity index (χ4v) is 2.25. The van der Waals surface area contributed by atoms with Crippen molar-refractivity contribution in [2.45, 2.75) is 13.1 Å². The van der Waals surface area contributed by atoms with E-state index in [-0.39, 0.29) is 11.6 Å². The third-order valence-electron chi connectivity index (χ3n) is 3.72. The third kappa shape index (κ3) is 4.76. The number of nitrogens with one attached hydrogen (secondary N) is 2. The number of benzene rings is 1. The lowest BCUT2D eigenvalue weighted by atomic mass is 10.2. The Labute approximate surface area is 151 Å².